The van der Waals surface area contributed by atoms with Gasteiger partial charge in [-0.3, -0.25) is 4.79 Å². The molecule has 2 unspecified atom stereocenters. The van der Waals surface area contributed by atoms with Crippen LogP contribution in [0.5, 0.6) is 0 Å². The zero-order valence-electron chi connectivity index (χ0n) is 8.82. The van der Waals surface area contributed by atoms with Gasteiger partial charge in [0.05, 0.1) is 19.1 Å². The number of rotatable bonds is 3. The van der Waals surface area contributed by atoms with Crippen LogP contribution >= 0.6 is 0 Å². The van der Waals surface area contributed by atoms with Crippen LogP contribution in [0.2, 0.25) is 0 Å². The van der Waals surface area contributed by atoms with Gasteiger partial charge < -0.3 is 20.9 Å². The number of nitrogens with one attached hydrogen (secondary N) is 1. The summed E-state index contributed by atoms with van der Waals surface area (Å²) < 4.78 is 5.03. The van der Waals surface area contributed by atoms with Crippen LogP contribution in [-0.4, -0.2) is 41.8 Å². The summed E-state index contributed by atoms with van der Waals surface area (Å²) >= 11 is 0. The fourth-order valence-corrected chi connectivity index (χ4v) is 1.30. The molecule has 4 N–H and O–H groups in total. The molecule has 1 saturated heterocycles. The normalized spacial score (nSPS) is 26.3. The van der Waals surface area contributed by atoms with Gasteiger partial charge >= 0.3 is 5.97 Å². The van der Waals surface area contributed by atoms with Crippen LogP contribution in [0.25, 0.3) is 0 Å². The van der Waals surface area contributed by atoms with Crippen molar-refractivity contribution in [2.75, 3.05) is 13.2 Å². The van der Waals surface area contributed by atoms with Gasteiger partial charge in [0.15, 0.2) is 0 Å². The lowest BCUT2D eigenvalue weighted by atomic mass is 10.00. The molecule has 1 rings (SSSR count). The van der Waals surface area contributed by atoms with Crippen LogP contribution in [0.1, 0.15) is 13.8 Å². The van der Waals surface area contributed by atoms with Crippen LogP contribution in [0.4, 0.5) is 0 Å². The molecule has 0 radical (unpaired) electrons. The van der Waals surface area contributed by atoms with E-state index in [-0.39, 0.29) is 18.6 Å². The lowest BCUT2D eigenvalue weighted by molar-refractivity contribution is -0.146. The van der Waals surface area contributed by atoms with Crippen molar-refractivity contribution in [2.45, 2.75) is 25.4 Å². The van der Waals surface area contributed by atoms with E-state index in [1.807, 2.05) is 0 Å². The number of hydrogen-bond acceptors (Lipinski definition) is 4. The quantitative estimate of drug-likeness (QED) is 0.558. The van der Waals surface area contributed by atoms with Crippen molar-refractivity contribution in [1.82, 2.24) is 5.32 Å². The molecule has 0 aromatic heterocycles. The monoisotopic (exact) mass is 216 g/mol. The Kier molecular flexibility index (Phi) is 3.31. The highest BCUT2D eigenvalue weighted by Gasteiger charge is 2.36. The second kappa shape index (κ2) is 4.16. The molecule has 0 bridgehead atoms. The third-order valence-electron chi connectivity index (χ3n) is 2.43. The number of aliphatic carboxylic acids is 1. The molecule has 86 valence electrons. The van der Waals surface area contributed by atoms with Crippen molar-refractivity contribution in [3.8, 4) is 0 Å². The minimum absolute atomic E-state index is 0.253. The topological polar surface area (TPSA) is 102 Å². The van der Waals surface area contributed by atoms with Crippen LogP contribution in [0.3, 0.4) is 0 Å². The van der Waals surface area contributed by atoms with E-state index in [0.717, 1.165) is 0 Å². The SMILES string of the molecule is CC(C)(NC(=O)C1COCC1N)C(=O)O. The molecule has 1 heterocycles. The number of carboxylic acid groups (broad SMARTS) is 1. The molecular formula is C9H16N2O4. The van der Waals surface area contributed by atoms with Crippen LogP contribution in [-0.2, 0) is 14.3 Å². The van der Waals surface area contributed by atoms with E-state index in [0.29, 0.717) is 6.61 Å². The van der Waals surface area contributed by atoms with E-state index >= 15 is 0 Å². The van der Waals surface area contributed by atoms with Crippen LogP contribution in [0.15, 0.2) is 0 Å². The summed E-state index contributed by atoms with van der Waals surface area (Å²) in [5.74, 6) is -1.90. The van der Waals surface area contributed by atoms with Gasteiger partial charge in [0.2, 0.25) is 5.91 Å². The van der Waals surface area contributed by atoms with Crippen molar-refractivity contribution in [3.63, 3.8) is 0 Å². The maximum Gasteiger partial charge on any atom is 0.328 e. The summed E-state index contributed by atoms with van der Waals surface area (Å²) in [6.07, 6.45) is 0. The first-order valence-electron chi connectivity index (χ1n) is 4.73. The highest BCUT2D eigenvalue weighted by Crippen LogP contribution is 2.13. The second-order valence-electron chi connectivity index (χ2n) is 4.23. The molecular weight excluding hydrogens is 200 g/mol. The summed E-state index contributed by atoms with van der Waals surface area (Å²) in [7, 11) is 0. The number of carboxylic acids is 1. The summed E-state index contributed by atoms with van der Waals surface area (Å²) in [6.45, 7) is 3.44. The molecule has 1 aliphatic rings. The largest absolute Gasteiger partial charge is 0.480 e. The van der Waals surface area contributed by atoms with Crippen molar-refractivity contribution in [2.24, 2.45) is 11.7 Å². The lowest BCUT2D eigenvalue weighted by Gasteiger charge is -2.23. The minimum Gasteiger partial charge on any atom is -0.480 e. The van der Waals surface area contributed by atoms with E-state index in [2.05, 4.69) is 5.32 Å². The molecule has 1 amide bonds. The zero-order chi connectivity index (χ0) is 11.6. The Morgan fingerprint density at radius 2 is 2.07 bits per heavy atom. The fraction of sp³-hybridized carbons (Fsp3) is 0.778. The number of nitrogens with two attached hydrogens (primary N) is 1. The van der Waals surface area contributed by atoms with Gasteiger partial charge in [0.1, 0.15) is 5.54 Å². The molecule has 15 heavy (non-hydrogen) atoms. The number of ether oxygens (including phenoxy) is 1. The summed E-state index contributed by atoms with van der Waals surface area (Å²) in [5.41, 5.74) is 4.36. The van der Waals surface area contributed by atoms with Crippen molar-refractivity contribution < 1.29 is 19.4 Å². The lowest BCUT2D eigenvalue weighted by Crippen LogP contribution is -2.53. The van der Waals surface area contributed by atoms with Gasteiger partial charge in [0.25, 0.3) is 0 Å². The number of carbonyl (C=O) groups excluding carboxylic acids is 1. The molecule has 2 atom stereocenters. The molecule has 0 aromatic carbocycles. The molecule has 1 fully saturated rings. The number of carbonyl (C=O) groups is 2. The maximum atomic E-state index is 11.6. The van der Waals surface area contributed by atoms with Crippen molar-refractivity contribution in [1.29, 1.82) is 0 Å². The Labute approximate surface area is 87.8 Å². The van der Waals surface area contributed by atoms with Gasteiger partial charge in [-0.2, -0.15) is 0 Å². The van der Waals surface area contributed by atoms with E-state index in [1.54, 1.807) is 0 Å². The van der Waals surface area contributed by atoms with E-state index < -0.39 is 17.4 Å². The van der Waals surface area contributed by atoms with Crippen LogP contribution in [0, 0.1) is 5.92 Å². The van der Waals surface area contributed by atoms with Gasteiger partial charge in [0, 0.05) is 6.04 Å². The average Bonchev–Trinajstić information content (AvgIpc) is 2.50. The summed E-state index contributed by atoms with van der Waals surface area (Å²) in [6, 6.07) is -0.352. The zero-order valence-corrected chi connectivity index (χ0v) is 8.82. The number of amides is 1. The maximum absolute atomic E-state index is 11.6. The minimum atomic E-state index is -1.28. The molecule has 1 aliphatic heterocycles. The molecule has 6 nitrogen and oxygen atoms in total. The summed E-state index contributed by atoms with van der Waals surface area (Å²) in [5, 5.41) is 11.3. The van der Waals surface area contributed by atoms with Crippen molar-refractivity contribution in [3.05, 3.63) is 0 Å². The average molecular weight is 216 g/mol. The Bertz CT molecular complexity index is 277. The van der Waals surface area contributed by atoms with E-state index in [9.17, 15) is 9.59 Å². The summed E-state index contributed by atoms with van der Waals surface area (Å²) in [4.78, 5) is 22.4. The third-order valence-corrected chi connectivity index (χ3v) is 2.43. The first-order chi connectivity index (χ1) is 6.84. The van der Waals surface area contributed by atoms with E-state index in [4.69, 9.17) is 15.6 Å². The van der Waals surface area contributed by atoms with Crippen LogP contribution < -0.4 is 11.1 Å². The van der Waals surface area contributed by atoms with Gasteiger partial charge in [-0.15, -0.1) is 0 Å². The Morgan fingerprint density at radius 1 is 1.47 bits per heavy atom. The fourth-order valence-electron chi connectivity index (χ4n) is 1.30. The second-order valence-corrected chi connectivity index (χ2v) is 4.23. The van der Waals surface area contributed by atoms with Crippen molar-refractivity contribution >= 4 is 11.9 Å². The molecule has 0 aromatic rings. The van der Waals surface area contributed by atoms with Gasteiger partial charge in [-0.1, -0.05) is 0 Å². The third kappa shape index (κ3) is 2.66. The Hall–Kier alpha value is -1.14. The Balaban J connectivity index is 2.59. The van der Waals surface area contributed by atoms with Gasteiger partial charge in [-0.05, 0) is 13.8 Å². The first-order valence-corrected chi connectivity index (χ1v) is 4.73. The predicted molar refractivity (Wildman–Crippen MR) is 52.1 cm³/mol. The highest BCUT2D eigenvalue weighted by molar-refractivity contribution is 5.87. The molecule has 0 aliphatic carbocycles. The standard InChI is InChI=1S/C9H16N2O4/c1-9(2,8(13)14)11-7(12)5-3-15-4-6(5)10/h5-6H,3-4,10H2,1-2H3,(H,11,12)(H,13,14). The molecule has 0 saturated carbocycles. The predicted octanol–water partition coefficient (Wildman–Crippen LogP) is -1.06. The number of hydrogen-bond donors (Lipinski definition) is 3. The smallest absolute Gasteiger partial charge is 0.328 e. The first kappa shape index (κ1) is 11.9. The Morgan fingerprint density at radius 3 is 2.47 bits per heavy atom. The molecule has 6 heteroatoms. The molecule has 0 spiro atoms. The highest BCUT2D eigenvalue weighted by atomic mass is 16.5. The van der Waals surface area contributed by atoms with Gasteiger partial charge in [-0.25, -0.2) is 4.79 Å². The van der Waals surface area contributed by atoms with E-state index in [1.165, 1.54) is 13.8 Å².